The van der Waals surface area contributed by atoms with E-state index in [-0.39, 0.29) is 0 Å². The summed E-state index contributed by atoms with van der Waals surface area (Å²) in [6.45, 7) is 4.59. The van der Waals surface area contributed by atoms with Crippen molar-refractivity contribution in [3.8, 4) is 0 Å². The Kier molecular flexibility index (Phi) is 2.56. The molecule has 1 saturated carbocycles. The Hall–Kier alpha value is 0. The summed E-state index contributed by atoms with van der Waals surface area (Å²) in [7, 11) is 0. The van der Waals surface area contributed by atoms with E-state index in [1.165, 1.54) is 25.7 Å². The molecule has 1 rings (SSSR count). The van der Waals surface area contributed by atoms with Crippen molar-refractivity contribution < 1.29 is 0 Å². The van der Waals surface area contributed by atoms with Crippen LogP contribution in [0.2, 0.25) is 0 Å². The summed E-state index contributed by atoms with van der Waals surface area (Å²) in [6.07, 6.45) is 8.10. The van der Waals surface area contributed by atoms with E-state index >= 15 is 0 Å². The SMILES string of the molecule is CCC1[CH]CC(CC)C1. The lowest BCUT2D eigenvalue weighted by Crippen LogP contribution is -1.92. The van der Waals surface area contributed by atoms with Crippen LogP contribution in [0.3, 0.4) is 0 Å². The summed E-state index contributed by atoms with van der Waals surface area (Å²) in [5, 5.41) is 0. The Bertz CT molecular complexity index is 66.1. The zero-order valence-electron chi connectivity index (χ0n) is 6.56. The molecular weight excluding hydrogens is 108 g/mol. The highest BCUT2D eigenvalue weighted by molar-refractivity contribution is 4.87. The van der Waals surface area contributed by atoms with Crippen LogP contribution in [-0.2, 0) is 0 Å². The summed E-state index contributed by atoms with van der Waals surface area (Å²) in [5.41, 5.74) is 0. The van der Waals surface area contributed by atoms with Crippen molar-refractivity contribution in [3.63, 3.8) is 0 Å². The Morgan fingerprint density at radius 1 is 1.33 bits per heavy atom. The van der Waals surface area contributed by atoms with Gasteiger partial charge in [0.25, 0.3) is 0 Å². The van der Waals surface area contributed by atoms with Crippen molar-refractivity contribution in [2.75, 3.05) is 0 Å². The van der Waals surface area contributed by atoms with Gasteiger partial charge >= 0.3 is 0 Å². The van der Waals surface area contributed by atoms with Crippen molar-refractivity contribution in [1.29, 1.82) is 0 Å². The molecule has 0 amide bonds. The third-order valence-electron chi connectivity index (χ3n) is 2.54. The molecule has 0 spiro atoms. The van der Waals surface area contributed by atoms with Gasteiger partial charge in [-0.2, -0.15) is 0 Å². The molecule has 0 nitrogen and oxygen atoms in total. The molecule has 1 aliphatic rings. The summed E-state index contributed by atoms with van der Waals surface area (Å²) in [4.78, 5) is 0. The molecule has 1 radical (unpaired) electrons. The van der Waals surface area contributed by atoms with Gasteiger partial charge in [0.2, 0.25) is 0 Å². The van der Waals surface area contributed by atoms with Gasteiger partial charge in [-0.15, -0.1) is 0 Å². The lowest BCUT2D eigenvalue weighted by Gasteiger charge is -2.04. The number of rotatable bonds is 2. The van der Waals surface area contributed by atoms with Crippen LogP contribution in [0.5, 0.6) is 0 Å². The Morgan fingerprint density at radius 3 is 2.44 bits per heavy atom. The number of hydrogen-bond donors (Lipinski definition) is 0. The molecule has 0 heterocycles. The molecule has 2 atom stereocenters. The fourth-order valence-corrected chi connectivity index (χ4v) is 1.67. The first-order valence-corrected chi connectivity index (χ1v) is 4.20. The van der Waals surface area contributed by atoms with Crippen LogP contribution in [0.15, 0.2) is 0 Å². The Labute approximate surface area is 58.7 Å². The van der Waals surface area contributed by atoms with Crippen LogP contribution in [0.1, 0.15) is 39.5 Å². The molecule has 0 bridgehead atoms. The van der Waals surface area contributed by atoms with E-state index in [9.17, 15) is 0 Å². The minimum atomic E-state index is 0.954. The van der Waals surface area contributed by atoms with Gasteiger partial charge in [-0.05, 0) is 31.1 Å². The van der Waals surface area contributed by atoms with E-state index in [1.54, 1.807) is 0 Å². The van der Waals surface area contributed by atoms with Crippen molar-refractivity contribution in [3.05, 3.63) is 6.42 Å². The molecule has 0 saturated heterocycles. The second-order valence-corrected chi connectivity index (χ2v) is 3.15. The van der Waals surface area contributed by atoms with Crippen molar-refractivity contribution in [2.24, 2.45) is 11.8 Å². The topological polar surface area (TPSA) is 0 Å². The van der Waals surface area contributed by atoms with Crippen molar-refractivity contribution in [1.82, 2.24) is 0 Å². The molecule has 0 N–H and O–H groups in total. The number of hydrogen-bond acceptors (Lipinski definition) is 0. The van der Waals surface area contributed by atoms with Gasteiger partial charge in [-0.3, -0.25) is 0 Å². The Balaban J connectivity index is 2.20. The maximum atomic E-state index is 2.51. The largest absolute Gasteiger partial charge is 0.0651 e. The lowest BCUT2D eigenvalue weighted by atomic mass is 10.0. The lowest BCUT2D eigenvalue weighted by molar-refractivity contribution is 0.479. The maximum Gasteiger partial charge on any atom is -0.0352 e. The van der Waals surface area contributed by atoms with Crippen LogP contribution in [0, 0.1) is 18.3 Å². The second-order valence-electron chi connectivity index (χ2n) is 3.15. The molecule has 0 aromatic carbocycles. The van der Waals surface area contributed by atoms with Gasteiger partial charge < -0.3 is 0 Å². The molecule has 1 aliphatic carbocycles. The zero-order valence-corrected chi connectivity index (χ0v) is 6.56. The van der Waals surface area contributed by atoms with Crippen LogP contribution in [0.4, 0.5) is 0 Å². The van der Waals surface area contributed by atoms with Crippen molar-refractivity contribution >= 4 is 0 Å². The smallest absolute Gasteiger partial charge is 0.0352 e. The first kappa shape index (κ1) is 7.11. The highest BCUT2D eigenvalue weighted by Gasteiger charge is 2.21. The van der Waals surface area contributed by atoms with Gasteiger partial charge in [0, 0.05) is 0 Å². The van der Waals surface area contributed by atoms with Crippen LogP contribution in [-0.4, -0.2) is 0 Å². The third-order valence-corrected chi connectivity index (χ3v) is 2.54. The normalized spacial score (nSPS) is 35.3. The standard InChI is InChI=1S/C9H17/c1-3-8-5-6-9(4-2)7-8/h5,8-9H,3-4,6-7H2,1-2H3. The molecule has 0 heteroatoms. The van der Waals surface area contributed by atoms with E-state index in [0.717, 1.165) is 11.8 Å². The average molecular weight is 125 g/mol. The highest BCUT2D eigenvalue weighted by Crippen LogP contribution is 2.33. The van der Waals surface area contributed by atoms with Gasteiger partial charge in [0.05, 0.1) is 0 Å². The highest BCUT2D eigenvalue weighted by atomic mass is 14.3. The summed E-state index contributed by atoms with van der Waals surface area (Å²) in [6, 6.07) is 0. The first-order chi connectivity index (χ1) is 4.36. The van der Waals surface area contributed by atoms with E-state index in [0.29, 0.717) is 0 Å². The second kappa shape index (κ2) is 3.24. The van der Waals surface area contributed by atoms with E-state index in [2.05, 4.69) is 20.3 Å². The van der Waals surface area contributed by atoms with Crippen LogP contribution >= 0.6 is 0 Å². The van der Waals surface area contributed by atoms with Gasteiger partial charge in [-0.25, -0.2) is 0 Å². The van der Waals surface area contributed by atoms with Gasteiger partial charge in [0.1, 0.15) is 0 Å². The average Bonchev–Trinajstić information content (AvgIpc) is 2.34. The molecule has 0 aliphatic heterocycles. The van der Waals surface area contributed by atoms with E-state index in [4.69, 9.17) is 0 Å². The van der Waals surface area contributed by atoms with Gasteiger partial charge in [0.15, 0.2) is 0 Å². The van der Waals surface area contributed by atoms with E-state index in [1.807, 2.05) is 0 Å². The summed E-state index contributed by atoms with van der Waals surface area (Å²) >= 11 is 0. The summed E-state index contributed by atoms with van der Waals surface area (Å²) < 4.78 is 0. The maximum absolute atomic E-state index is 2.51. The van der Waals surface area contributed by atoms with Gasteiger partial charge in [-0.1, -0.05) is 26.7 Å². The fourth-order valence-electron chi connectivity index (χ4n) is 1.67. The molecule has 0 aromatic rings. The van der Waals surface area contributed by atoms with Crippen LogP contribution < -0.4 is 0 Å². The zero-order chi connectivity index (χ0) is 6.69. The monoisotopic (exact) mass is 125 g/mol. The Morgan fingerprint density at radius 2 is 2.11 bits per heavy atom. The molecule has 53 valence electrons. The minimum absolute atomic E-state index is 0.954. The predicted octanol–water partition coefficient (Wildman–Crippen LogP) is 3.04. The van der Waals surface area contributed by atoms with Crippen LogP contribution in [0.25, 0.3) is 0 Å². The molecule has 1 fully saturated rings. The van der Waals surface area contributed by atoms with Crippen molar-refractivity contribution in [2.45, 2.75) is 39.5 Å². The third kappa shape index (κ3) is 1.70. The fraction of sp³-hybridized carbons (Fsp3) is 0.889. The first-order valence-electron chi connectivity index (χ1n) is 4.20. The molecule has 0 aromatic heterocycles. The molecule has 2 unspecified atom stereocenters. The quantitative estimate of drug-likeness (QED) is 0.532. The molecular formula is C9H17. The minimum Gasteiger partial charge on any atom is -0.0651 e. The summed E-state index contributed by atoms with van der Waals surface area (Å²) in [5.74, 6) is 1.98. The van der Waals surface area contributed by atoms with E-state index < -0.39 is 0 Å². The molecule has 9 heavy (non-hydrogen) atoms. The predicted molar refractivity (Wildman–Crippen MR) is 41.1 cm³/mol.